The highest BCUT2D eigenvalue weighted by molar-refractivity contribution is 5.77. The fourth-order valence-corrected chi connectivity index (χ4v) is 7.07. The Hall–Kier alpha value is -3.74. The van der Waals surface area contributed by atoms with Crippen molar-refractivity contribution in [2.75, 3.05) is 6.61 Å². The third-order valence-corrected chi connectivity index (χ3v) is 10.9. The molecule has 0 radical (unpaired) electrons. The Morgan fingerprint density at radius 2 is 0.938 bits per heavy atom. The fraction of sp³-hybridized carbons (Fsp3) is 0.621. The molecule has 3 unspecified atom stereocenters. The second kappa shape index (κ2) is 50.3. The first-order chi connectivity index (χ1) is 31.5. The molecule has 1 amide bonds. The van der Waals surface area contributed by atoms with E-state index in [0.29, 0.717) is 19.3 Å². The van der Waals surface area contributed by atoms with E-state index in [0.717, 1.165) is 83.5 Å². The van der Waals surface area contributed by atoms with Gasteiger partial charge < -0.3 is 20.3 Å². The number of allylic oxidation sites excluding steroid dienone is 19. The van der Waals surface area contributed by atoms with Crippen molar-refractivity contribution in [1.82, 2.24) is 5.32 Å². The SMILES string of the molecule is CC/C=C\C/C=C\C/C=C\C/C=C\C/C=C\CCCCCC(=O)OC(C/C=C/C=C\C=C/C=C/C=C/CC)CC(=O)NC(CO)C(O)CCCCCCCCCCCCCCCCC. The first-order valence-electron chi connectivity index (χ1n) is 25.8. The molecule has 0 aromatic heterocycles. The summed E-state index contributed by atoms with van der Waals surface area (Å²) in [5.41, 5.74) is 0. The normalized spacial score (nSPS) is 14.3. The van der Waals surface area contributed by atoms with E-state index in [1.165, 1.54) is 77.0 Å². The van der Waals surface area contributed by atoms with Crippen molar-refractivity contribution in [2.24, 2.45) is 0 Å². The molecule has 3 atom stereocenters. The van der Waals surface area contributed by atoms with E-state index in [9.17, 15) is 19.8 Å². The molecule has 0 aliphatic carbocycles. The Morgan fingerprint density at radius 1 is 0.500 bits per heavy atom. The van der Waals surface area contributed by atoms with E-state index in [1.807, 2.05) is 54.7 Å². The van der Waals surface area contributed by atoms with E-state index >= 15 is 0 Å². The average molecular weight is 886 g/mol. The molecule has 0 saturated carbocycles. The number of amides is 1. The fourth-order valence-electron chi connectivity index (χ4n) is 7.07. The summed E-state index contributed by atoms with van der Waals surface area (Å²) in [6.07, 6.45) is 70.0. The van der Waals surface area contributed by atoms with Crippen molar-refractivity contribution in [2.45, 2.75) is 225 Å². The van der Waals surface area contributed by atoms with Crippen LogP contribution in [0.25, 0.3) is 0 Å². The minimum Gasteiger partial charge on any atom is -0.461 e. The molecule has 0 bridgehead atoms. The zero-order valence-electron chi connectivity index (χ0n) is 41.1. The third kappa shape index (κ3) is 44.9. The van der Waals surface area contributed by atoms with Crippen LogP contribution in [0.1, 0.15) is 207 Å². The number of nitrogens with one attached hydrogen (secondary N) is 1. The molecule has 0 heterocycles. The van der Waals surface area contributed by atoms with Gasteiger partial charge in [0.15, 0.2) is 0 Å². The standard InChI is InChI=1S/C58H95NO5/c1-4-7-10-13-16-19-22-24-26-27-28-29-31-33-36-39-42-45-48-51-58(63)64-54(49-46-43-40-37-34-21-18-15-12-9-6-3)52-57(62)59-55(53-60)56(61)50-47-44-41-38-35-32-30-25-23-20-17-14-11-8-5-2/h7,9-10,12,15-16,18-19,21,24,26,28-29,33-34,36-37,40,43,46,54-56,60-61H,4-6,8,11,13-14,17,20,22-23,25,27,30-32,35,38-39,41-42,44-45,47-53H2,1-3H3,(H,59,62)/b10-7-,12-9+,18-15+,19-16-,26-24-,29-28-,34-21-,36-33-,40-37-,46-43+. The lowest BCUT2D eigenvalue weighted by Crippen LogP contribution is -2.46. The number of aliphatic hydroxyl groups excluding tert-OH is 2. The number of rotatable bonds is 44. The molecule has 6 nitrogen and oxygen atoms in total. The number of ether oxygens (including phenoxy) is 1. The summed E-state index contributed by atoms with van der Waals surface area (Å²) in [7, 11) is 0. The van der Waals surface area contributed by atoms with Gasteiger partial charge in [-0.1, -0.05) is 245 Å². The molecule has 0 aromatic carbocycles. The van der Waals surface area contributed by atoms with E-state index in [2.05, 4.69) is 92.9 Å². The second-order valence-electron chi connectivity index (χ2n) is 16.9. The second-order valence-corrected chi connectivity index (χ2v) is 16.9. The highest BCUT2D eigenvalue weighted by Crippen LogP contribution is 2.16. The summed E-state index contributed by atoms with van der Waals surface area (Å²) < 4.78 is 5.82. The molecule has 0 aromatic rings. The zero-order valence-corrected chi connectivity index (χ0v) is 41.1. The van der Waals surface area contributed by atoms with Crippen LogP contribution in [0.3, 0.4) is 0 Å². The Bertz CT molecular complexity index is 1360. The highest BCUT2D eigenvalue weighted by atomic mass is 16.5. The van der Waals surface area contributed by atoms with Gasteiger partial charge in [-0.15, -0.1) is 0 Å². The predicted molar refractivity (Wildman–Crippen MR) is 277 cm³/mol. The number of hydrogen-bond donors (Lipinski definition) is 3. The van der Waals surface area contributed by atoms with Crippen LogP contribution in [0.15, 0.2) is 122 Å². The van der Waals surface area contributed by atoms with E-state index in [-0.39, 0.29) is 24.9 Å². The smallest absolute Gasteiger partial charge is 0.306 e. The lowest BCUT2D eigenvalue weighted by atomic mass is 10.0. The lowest BCUT2D eigenvalue weighted by molar-refractivity contribution is -0.150. The highest BCUT2D eigenvalue weighted by Gasteiger charge is 2.23. The van der Waals surface area contributed by atoms with Gasteiger partial charge in [-0.25, -0.2) is 0 Å². The van der Waals surface area contributed by atoms with Crippen LogP contribution < -0.4 is 5.32 Å². The van der Waals surface area contributed by atoms with E-state index < -0.39 is 18.2 Å². The molecule has 0 fully saturated rings. The van der Waals surface area contributed by atoms with Gasteiger partial charge in [0, 0.05) is 12.8 Å². The summed E-state index contributed by atoms with van der Waals surface area (Å²) in [6.45, 7) is 6.17. The molecule has 6 heteroatoms. The Balaban J connectivity index is 4.69. The Morgan fingerprint density at radius 3 is 1.44 bits per heavy atom. The maximum Gasteiger partial charge on any atom is 0.306 e. The van der Waals surface area contributed by atoms with Gasteiger partial charge in [0.05, 0.1) is 25.2 Å². The number of hydrogen-bond acceptors (Lipinski definition) is 5. The first-order valence-corrected chi connectivity index (χ1v) is 25.8. The molecule has 0 spiro atoms. The topological polar surface area (TPSA) is 95.9 Å². The number of unbranched alkanes of at least 4 members (excludes halogenated alkanes) is 17. The largest absolute Gasteiger partial charge is 0.461 e. The summed E-state index contributed by atoms with van der Waals surface area (Å²) >= 11 is 0. The van der Waals surface area contributed by atoms with Crippen molar-refractivity contribution in [1.29, 1.82) is 0 Å². The Kier molecular flexibility index (Phi) is 47.3. The molecule has 0 aliphatic heterocycles. The molecule has 64 heavy (non-hydrogen) atoms. The minimum absolute atomic E-state index is 0.0397. The molecule has 0 rings (SSSR count). The van der Waals surface area contributed by atoms with Crippen LogP contribution in [0.4, 0.5) is 0 Å². The van der Waals surface area contributed by atoms with Crippen LogP contribution in [0.2, 0.25) is 0 Å². The van der Waals surface area contributed by atoms with Crippen LogP contribution in [-0.4, -0.2) is 46.9 Å². The van der Waals surface area contributed by atoms with Crippen LogP contribution in [0, 0.1) is 0 Å². The van der Waals surface area contributed by atoms with Gasteiger partial charge in [-0.2, -0.15) is 0 Å². The van der Waals surface area contributed by atoms with Gasteiger partial charge in [0.1, 0.15) is 6.10 Å². The monoisotopic (exact) mass is 886 g/mol. The van der Waals surface area contributed by atoms with Crippen molar-refractivity contribution < 1.29 is 24.5 Å². The maximum atomic E-state index is 13.2. The van der Waals surface area contributed by atoms with Gasteiger partial charge in [-0.3, -0.25) is 9.59 Å². The van der Waals surface area contributed by atoms with E-state index in [4.69, 9.17) is 4.74 Å². The number of carbonyl (C=O) groups is 2. The molecule has 0 saturated heterocycles. The number of aliphatic hydroxyl groups is 2. The Labute approximate surface area is 393 Å². The third-order valence-electron chi connectivity index (χ3n) is 10.9. The van der Waals surface area contributed by atoms with Gasteiger partial charge in [0.25, 0.3) is 0 Å². The average Bonchev–Trinajstić information content (AvgIpc) is 3.29. The lowest BCUT2D eigenvalue weighted by Gasteiger charge is -2.24. The quantitative estimate of drug-likeness (QED) is 0.0245. The van der Waals surface area contributed by atoms with E-state index in [1.54, 1.807) is 0 Å². The molecule has 362 valence electrons. The van der Waals surface area contributed by atoms with Gasteiger partial charge in [0.2, 0.25) is 5.91 Å². The number of esters is 1. The molecular formula is C58H95NO5. The van der Waals surface area contributed by atoms with Crippen LogP contribution in [0.5, 0.6) is 0 Å². The minimum atomic E-state index is -0.831. The van der Waals surface area contributed by atoms with Crippen molar-refractivity contribution in [3.63, 3.8) is 0 Å². The number of carbonyl (C=O) groups excluding carboxylic acids is 2. The summed E-state index contributed by atoms with van der Waals surface area (Å²) in [6, 6.07) is -0.754. The zero-order chi connectivity index (χ0) is 46.7. The molecular weight excluding hydrogens is 791 g/mol. The maximum absolute atomic E-state index is 13.2. The summed E-state index contributed by atoms with van der Waals surface area (Å²) in [5.74, 6) is -0.657. The first kappa shape index (κ1) is 60.3. The van der Waals surface area contributed by atoms with Crippen molar-refractivity contribution in [3.05, 3.63) is 122 Å². The summed E-state index contributed by atoms with van der Waals surface area (Å²) in [5, 5.41) is 23.7. The summed E-state index contributed by atoms with van der Waals surface area (Å²) in [4.78, 5) is 26.1. The van der Waals surface area contributed by atoms with Crippen LogP contribution >= 0.6 is 0 Å². The molecule has 3 N–H and O–H groups in total. The van der Waals surface area contributed by atoms with Crippen molar-refractivity contribution >= 4 is 11.9 Å². The van der Waals surface area contributed by atoms with Crippen LogP contribution in [-0.2, 0) is 14.3 Å². The van der Waals surface area contributed by atoms with Gasteiger partial charge >= 0.3 is 5.97 Å². The predicted octanol–water partition coefficient (Wildman–Crippen LogP) is 15.7. The molecule has 0 aliphatic rings. The van der Waals surface area contributed by atoms with Crippen molar-refractivity contribution in [3.8, 4) is 0 Å². The van der Waals surface area contributed by atoms with Gasteiger partial charge in [-0.05, 0) is 64.2 Å².